The van der Waals surface area contributed by atoms with E-state index in [0.717, 1.165) is 0 Å². The van der Waals surface area contributed by atoms with Crippen LogP contribution in [0, 0.1) is 0 Å². The van der Waals surface area contributed by atoms with Crippen molar-refractivity contribution in [2.45, 2.75) is 80.4 Å². The molecule has 0 fully saturated rings. The van der Waals surface area contributed by atoms with Crippen molar-refractivity contribution < 1.29 is 14.1 Å². The number of aldehydes is 1. The van der Waals surface area contributed by atoms with Crippen molar-refractivity contribution in [3.63, 3.8) is 0 Å². The van der Waals surface area contributed by atoms with Crippen LogP contribution in [-0.4, -0.2) is 40.1 Å². The van der Waals surface area contributed by atoms with Gasteiger partial charge in [0.25, 0.3) is 0 Å². The smallest absolute Gasteiger partial charge is 0.211 e. The normalized spacial score (nSPS) is 13.5. The molecule has 0 aromatic heterocycles. The molecule has 0 rings (SSSR count). The van der Waals surface area contributed by atoms with Gasteiger partial charge in [-0.15, -0.1) is 34.8 Å². The van der Waals surface area contributed by atoms with E-state index < -0.39 is 28.3 Å². The van der Waals surface area contributed by atoms with Crippen LogP contribution in [0.15, 0.2) is 10.1 Å². The maximum absolute atomic E-state index is 9.56. The zero-order valence-electron chi connectivity index (χ0n) is 17.1. The van der Waals surface area contributed by atoms with Crippen molar-refractivity contribution >= 4 is 141 Å². The number of aliphatic hydroxyl groups excluding tert-OH is 1. The molecule has 194 valence electrons. The molecule has 0 aliphatic carbocycles. The summed E-state index contributed by atoms with van der Waals surface area (Å²) in [5.41, 5.74) is 0. The average molecular weight is 691 g/mol. The predicted octanol–water partition coefficient (Wildman–Crippen LogP) is 10.1. The molecule has 0 aliphatic rings. The standard InChI is InChI=1S/C4H7Cl3.C4H8Cl2O.C4H6Cl2.C3H4Cl2O.CH4.Cl2OS/c1-3(5)4(2,6)7;1-3(7)4(2,5)6;1-3(5)4(2)6;1-3(4,5)2-6;;1-4(2)3/h3H,1-2H3;3,7H,1-2H3;1-2H3;2H,1H3;1H4;/b;;4-3-;;;. The number of aliphatic hydroxyl groups is 1. The lowest BCUT2D eigenvalue weighted by Gasteiger charge is -2.15. The van der Waals surface area contributed by atoms with Crippen molar-refractivity contribution in [2.75, 3.05) is 0 Å². The minimum atomic E-state index is -1.67. The molecular weight excluding hydrogens is 662 g/mol. The van der Waals surface area contributed by atoms with Crippen LogP contribution in [0.1, 0.15) is 55.9 Å². The Morgan fingerprint density at radius 3 is 1.00 bits per heavy atom. The van der Waals surface area contributed by atoms with Crippen molar-refractivity contribution in [1.82, 2.24) is 0 Å². The molecule has 0 heterocycles. The molecule has 0 aromatic carbocycles. The van der Waals surface area contributed by atoms with Gasteiger partial charge in [-0.3, -0.25) is 0 Å². The summed E-state index contributed by atoms with van der Waals surface area (Å²) >= 11 is 48.2. The van der Waals surface area contributed by atoms with E-state index in [2.05, 4.69) is 21.4 Å². The summed E-state index contributed by atoms with van der Waals surface area (Å²) in [5, 5.41) is 9.75. The summed E-state index contributed by atoms with van der Waals surface area (Å²) in [6, 6.07) is 0. The Labute approximate surface area is 243 Å². The summed E-state index contributed by atoms with van der Waals surface area (Å²) in [7, 11) is 7.36. The second kappa shape index (κ2) is 24.4. The molecule has 0 aromatic rings. The first-order valence-corrected chi connectivity index (χ1v) is 13.7. The van der Waals surface area contributed by atoms with Crippen molar-refractivity contribution in [3.05, 3.63) is 10.1 Å². The van der Waals surface area contributed by atoms with Crippen LogP contribution in [0.5, 0.6) is 0 Å². The van der Waals surface area contributed by atoms with Gasteiger partial charge in [0.15, 0.2) is 10.6 Å². The van der Waals surface area contributed by atoms with Crippen molar-refractivity contribution in [2.24, 2.45) is 0 Å². The molecule has 15 heteroatoms. The molecule has 1 N–H and O–H groups in total. The van der Waals surface area contributed by atoms with Gasteiger partial charge in [0.2, 0.25) is 9.23 Å². The van der Waals surface area contributed by atoms with Gasteiger partial charge >= 0.3 is 0 Å². The molecule has 0 radical (unpaired) electrons. The average Bonchev–Trinajstić information content (AvgIpc) is 2.45. The molecule has 0 saturated heterocycles. The molecule has 2 atom stereocenters. The highest BCUT2D eigenvalue weighted by Crippen LogP contribution is 2.27. The third-order valence-corrected chi connectivity index (χ3v) is 4.90. The second-order valence-electron chi connectivity index (χ2n) is 5.53. The van der Waals surface area contributed by atoms with Crippen LogP contribution in [0.2, 0.25) is 0 Å². The Kier molecular flexibility index (Phi) is 37.0. The van der Waals surface area contributed by atoms with E-state index >= 15 is 0 Å². The third-order valence-electron chi connectivity index (χ3n) is 2.11. The second-order valence-corrected chi connectivity index (χ2v) is 15.1. The molecule has 0 spiro atoms. The minimum Gasteiger partial charge on any atom is -0.390 e. The third kappa shape index (κ3) is 65.5. The Morgan fingerprint density at radius 1 is 0.871 bits per heavy atom. The van der Waals surface area contributed by atoms with Crippen LogP contribution in [-0.2, 0) is 14.0 Å². The summed E-state index contributed by atoms with van der Waals surface area (Å²) in [6.07, 6.45) is -0.202. The van der Waals surface area contributed by atoms with Crippen LogP contribution in [0.25, 0.3) is 0 Å². The van der Waals surface area contributed by atoms with E-state index in [4.69, 9.17) is 114 Å². The number of halogens is 11. The van der Waals surface area contributed by atoms with Crippen LogP contribution in [0.4, 0.5) is 0 Å². The van der Waals surface area contributed by atoms with Gasteiger partial charge < -0.3 is 9.90 Å². The lowest BCUT2D eigenvalue weighted by molar-refractivity contribution is -0.108. The number of alkyl halides is 7. The van der Waals surface area contributed by atoms with E-state index in [1.165, 1.54) is 6.92 Å². The molecule has 0 amide bonds. The number of hydrogen-bond donors (Lipinski definition) is 1. The first-order valence-electron chi connectivity index (χ1n) is 7.47. The van der Waals surface area contributed by atoms with Gasteiger partial charge in [0, 0.05) is 31.4 Å². The fraction of sp³-hybridized carbons (Fsp3) is 0.812. The highest BCUT2D eigenvalue weighted by molar-refractivity contribution is 8.26. The molecule has 3 nitrogen and oxygen atoms in total. The maximum Gasteiger partial charge on any atom is 0.211 e. The van der Waals surface area contributed by atoms with E-state index in [9.17, 15) is 4.79 Å². The van der Waals surface area contributed by atoms with Gasteiger partial charge in [0.1, 0.15) is 8.67 Å². The lowest BCUT2D eigenvalue weighted by Crippen LogP contribution is -2.23. The van der Waals surface area contributed by atoms with Crippen LogP contribution >= 0.6 is 126 Å². The Balaban J connectivity index is -0.0000000632. The lowest BCUT2D eigenvalue weighted by atomic mass is 10.3. The topological polar surface area (TPSA) is 54.4 Å². The zero-order valence-corrected chi connectivity index (χ0v) is 26.2. The van der Waals surface area contributed by atoms with E-state index in [1.807, 2.05) is 0 Å². The number of allylic oxidation sites excluding steroid dienone is 2. The molecule has 0 aliphatic heterocycles. The molecule has 2 unspecified atom stereocenters. The van der Waals surface area contributed by atoms with E-state index in [1.54, 1.807) is 41.5 Å². The highest BCUT2D eigenvalue weighted by atomic mass is 36.0. The van der Waals surface area contributed by atoms with E-state index in [-0.39, 0.29) is 12.8 Å². The SMILES string of the molecule is C.C/C(Cl)=C(\C)Cl.CC(Cl)(Cl)C=O.CC(Cl)C(C)(Cl)Cl.CC(O)C(C)(Cl)Cl.O=S(Cl)Cl. The number of hydrogen-bond acceptors (Lipinski definition) is 3. The fourth-order valence-electron chi connectivity index (χ4n) is 0. The fourth-order valence-corrected chi connectivity index (χ4v) is 0. The molecule has 31 heavy (non-hydrogen) atoms. The monoisotopic (exact) mass is 686 g/mol. The van der Waals surface area contributed by atoms with Crippen molar-refractivity contribution in [1.29, 1.82) is 0 Å². The van der Waals surface area contributed by atoms with Gasteiger partial charge in [0.05, 0.1) is 11.5 Å². The predicted molar refractivity (Wildman–Crippen MR) is 150 cm³/mol. The van der Waals surface area contributed by atoms with Gasteiger partial charge in [-0.05, 0) is 48.5 Å². The molecular formula is C16H29Cl11O3S. The first kappa shape index (κ1) is 47.0. The Bertz CT molecular complexity index is 441. The molecule has 0 bridgehead atoms. The first-order chi connectivity index (χ1) is 12.8. The molecule has 0 saturated carbocycles. The quantitative estimate of drug-likeness (QED) is 0.182. The van der Waals surface area contributed by atoms with Gasteiger partial charge in [-0.25, -0.2) is 4.21 Å². The maximum atomic E-state index is 9.56. The van der Waals surface area contributed by atoms with Gasteiger partial charge in [-0.2, -0.15) is 0 Å². The number of carbonyl (C=O) groups is 1. The van der Waals surface area contributed by atoms with Crippen molar-refractivity contribution in [3.8, 4) is 0 Å². The largest absolute Gasteiger partial charge is 0.390 e. The minimum absolute atomic E-state index is 0. The summed E-state index contributed by atoms with van der Waals surface area (Å²) in [4.78, 5) is 9.56. The number of carbonyl (C=O) groups excluding carboxylic acids is 1. The zero-order chi connectivity index (χ0) is 26.1. The summed E-state index contributed by atoms with van der Waals surface area (Å²) in [5.74, 6) is 0. The summed E-state index contributed by atoms with van der Waals surface area (Å²) < 4.78 is 6.10. The number of rotatable bonds is 3. The van der Waals surface area contributed by atoms with Crippen LogP contribution < -0.4 is 0 Å². The van der Waals surface area contributed by atoms with E-state index in [0.29, 0.717) is 16.4 Å². The van der Waals surface area contributed by atoms with Gasteiger partial charge in [-0.1, -0.05) is 77.0 Å². The summed E-state index contributed by atoms with van der Waals surface area (Å²) in [6.45, 7) is 11.4. The Hall–Kier alpha value is 2.71. The Morgan fingerprint density at radius 2 is 1.00 bits per heavy atom. The van der Waals surface area contributed by atoms with Crippen LogP contribution in [0.3, 0.4) is 0 Å². The highest BCUT2D eigenvalue weighted by Gasteiger charge is 2.23.